The fourth-order valence-electron chi connectivity index (χ4n) is 2.66. The number of hydrogen-bond donors (Lipinski definition) is 0. The van der Waals surface area contributed by atoms with Gasteiger partial charge in [-0.25, -0.2) is 9.97 Å². The van der Waals surface area contributed by atoms with Crippen LogP contribution < -0.4 is 9.64 Å². The lowest BCUT2D eigenvalue weighted by Crippen LogP contribution is -2.31. The summed E-state index contributed by atoms with van der Waals surface area (Å²) in [7, 11) is 3.85. The van der Waals surface area contributed by atoms with Gasteiger partial charge in [0.2, 0.25) is 0 Å². The molecule has 0 aromatic carbocycles. The van der Waals surface area contributed by atoms with Gasteiger partial charge in [0.15, 0.2) is 23.7 Å². The topological polar surface area (TPSA) is 71.7 Å². The number of ether oxygens (including phenoxy) is 1. The minimum absolute atomic E-state index is 0.0472. The van der Waals surface area contributed by atoms with Gasteiger partial charge in [-0.3, -0.25) is 4.79 Å². The smallest absolute Gasteiger partial charge is 0.276 e. The third-order valence-corrected chi connectivity index (χ3v) is 3.85. The average Bonchev–Trinajstić information content (AvgIpc) is 3.16. The molecule has 2 aromatic heterocycles. The number of anilines is 1. The number of hydrogen-bond acceptors (Lipinski definition) is 6. The summed E-state index contributed by atoms with van der Waals surface area (Å²) in [6.07, 6.45) is 3.77. The molecule has 1 aliphatic rings. The molecule has 0 radical (unpaired) electrons. The predicted molar refractivity (Wildman–Crippen MR) is 84.7 cm³/mol. The molecule has 3 heterocycles. The fraction of sp³-hybridized carbons (Fsp3) is 0.438. The van der Waals surface area contributed by atoms with Crippen LogP contribution in [0.15, 0.2) is 29.1 Å². The highest BCUT2D eigenvalue weighted by atomic mass is 16.5. The Morgan fingerprint density at radius 3 is 2.96 bits per heavy atom. The molecule has 3 rings (SSSR count). The van der Waals surface area contributed by atoms with E-state index in [1.807, 2.05) is 31.1 Å². The lowest BCUT2D eigenvalue weighted by molar-refractivity contribution is 0.0765. The second-order valence-corrected chi connectivity index (χ2v) is 5.76. The number of rotatable bonds is 4. The van der Waals surface area contributed by atoms with E-state index in [2.05, 4.69) is 9.97 Å². The second-order valence-electron chi connectivity index (χ2n) is 5.76. The van der Waals surface area contributed by atoms with Crippen molar-refractivity contribution in [2.45, 2.75) is 19.4 Å². The Morgan fingerprint density at radius 1 is 1.43 bits per heavy atom. The molecule has 0 saturated carbocycles. The third kappa shape index (κ3) is 3.13. The monoisotopic (exact) mass is 316 g/mol. The zero-order valence-electron chi connectivity index (χ0n) is 13.5. The van der Waals surface area contributed by atoms with E-state index in [9.17, 15) is 4.79 Å². The van der Waals surface area contributed by atoms with E-state index in [0.717, 1.165) is 18.0 Å². The van der Waals surface area contributed by atoms with Gasteiger partial charge in [-0.1, -0.05) is 0 Å². The number of carbonyl (C=O) groups excluding carboxylic acids is 1. The van der Waals surface area contributed by atoms with Crippen LogP contribution in [-0.4, -0.2) is 54.1 Å². The number of pyridine rings is 1. The Labute approximate surface area is 134 Å². The molecule has 2 aromatic rings. The van der Waals surface area contributed by atoms with Gasteiger partial charge < -0.3 is 19.0 Å². The molecule has 0 aliphatic carbocycles. The molecule has 7 nitrogen and oxygen atoms in total. The highest BCUT2D eigenvalue weighted by Crippen LogP contribution is 2.27. The quantitative estimate of drug-likeness (QED) is 0.855. The standard InChI is InChI=1S/C16H20N4O3/c1-11-14(18-10-22-11)16(21)20-8-6-12(9-20)23-13-5-4-7-17-15(13)19(2)3/h4-5,7,10,12H,6,8-9H2,1-3H3/t12-/m1/s1. The van der Waals surface area contributed by atoms with Gasteiger partial charge in [0.25, 0.3) is 5.91 Å². The third-order valence-electron chi connectivity index (χ3n) is 3.85. The number of likely N-dealkylation sites (tertiary alicyclic amines) is 1. The lowest BCUT2D eigenvalue weighted by atomic mass is 10.3. The molecule has 0 bridgehead atoms. The van der Waals surface area contributed by atoms with E-state index >= 15 is 0 Å². The molecule has 0 N–H and O–H groups in total. The molecule has 1 amide bonds. The van der Waals surface area contributed by atoms with Gasteiger partial charge in [0.1, 0.15) is 11.9 Å². The first-order valence-electron chi connectivity index (χ1n) is 7.54. The van der Waals surface area contributed by atoms with Crippen LogP contribution in [0.4, 0.5) is 5.82 Å². The summed E-state index contributed by atoms with van der Waals surface area (Å²) >= 11 is 0. The Balaban J connectivity index is 1.67. The van der Waals surface area contributed by atoms with E-state index in [4.69, 9.17) is 9.15 Å². The van der Waals surface area contributed by atoms with Gasteiger partial charge in [-0.2, -0.15) is 0 Å². The van der Waals surface area contributed by atoms with Crippen molar-refractivity contribution >= 4 is 11.7 Å². The fourth-order valence-corrected chi connectivity index (χ4v) is 2.66. The minimum Gasteiger partial charge on any atom is -0.485 e. The largest absolute Gasteiger partial charge is 0.485 e. The van der Waals surface area contributed by atoms with Crippen LogP contribution in [0.5, 0.6) is 5.75 Å². The maximum absolute atomic E-state index is 12.4. The summed E-state index contributed by atoms with van der Waals surface area (Å²) in [5.74, 6) is 1.95. The van der Waals surface area contributed by atoms with Crippen molar-refractivity contribution in [3.63, 3.8) is 0 Å². The maximum atomic E-state index is 12.4. The summed E-state index contributed by atoms with van der Waals surface area (Å²) in [4.78, 5) is 24.4. The number of aryl methyl sites for hydroxylation is 1. The highest BCUT2D eigenvalue weighted by Gasteiger charge is 2.31. The normalized spacial score (nSPS) is 17.3. The van der Waals surface area contributed by atoms with Crippen molar-refractivity contribution in [2.24, 2.45) is 0 Å². The number of oxazole rings is 1. The molecular weight excluding hydrogens is 296 g/mol. The Morgan fingerprint density at radius 2 is 2.26 bits per heavy atom. The van der Waals surface area contributed by atoms with Crippen LogP contribution in [0.25, 0.3) is 0 Å². The summed E-state index contributed by atoms with van der Waals surface area (Å²) < 4.78 is 11.2. The van der Waals surface area contributed by atoms with Gasteiger partial charge in [-0.05, 0) is 19.1 Å². The van der Waals surface area contributed by atoms with Gasteiger partial charge in [0.05, 0.1) is 6.54 Å². The van der Waals surface area contributed by atoms with Crippen molar-refractivity contribution in [3.05, 3.63) is 36.2 Å². The highest BCUT2D eigenvalue weighted by molar-refractivity contribution is 5.93. The van der Waals surface area contributed by atoms with Gasteiger partial charge in [0, 0.05) is 33.3 Å². The first-order valence-corrected chi connectivity index (χ1v) is 7.54. The van der Waals surface area contributed by atoms with Crippen molar-refractivity contribution in [1.29, 1.82) is 0 Å². The molecule has 0 unspecified atom stereocenters. The van der Waals surface area contributed by atoms with Gasteiger partial charge >= 0.3 is 0 Å². The first-order chi connectivity index (χ1) is 11.1. The molecule has 1 atom stereocenters. The lowest BCUT2D eigenvalue weighted by Gasteiger charge is -2.20. The molecule has 0 spiro atoms. The number of carbonyl (C=O) groups is 1. The summed E-state index contributed by atoms with van der Waals surface area (Å²) in [5.41, 5.74) is 0.376. The Kier molecular flexibility index (Phi) is 4.18. The number of aromatic nitrogens is 2. The minimum atomic E-state index is -0.110. The molecular formula is C16H20N4O3. The molecule has 23 heavy (non-hydrogen) atoms. The first kappa shape index (κ1) is 15.3. The molecule has 1 saturated heterocycles. The predicted octanol–water partition coefficient (Wildman–Crippen LogP) is 1.74. The SMILES string of the molecule is Cc1ocnc1C(=O)N1CC[C@@H](Oc2cccnc2N(C)C)C1. The Bertz CT molecular complexity index is 698. The zero-order valence-corrected chi connectivity index (χ0v) is 13.5. The van der Waals surface area contributed by atoms with Crippen LogP contribution in [0.2, 0.25) is 0 Å². The maximum Gasteiger partial charge on any atom is 0.276 e. The molecule has 122 valence electrons. The number of amides is 1. The van der Waals surface area contributed by atoms with E-state index in [1.54, 1.807) is 18.0 Å². The van der Waals surface area contributed by atoms with Crippen molar-refractivity contribution in [1.82, 2.24) is 14.9 Å². The number of nitrogens with zero attached hydrogens (tertiary/aromatic N) is 4. The molecule has 1 aliphatic heterocycles. The molecule has 7 heteroatoms. The second kappa shape index (κ2) is 6.28. The van der Waals surface area contributed by atoms with Crippen LogP contribution in [0.1, 0.15) is 22.7 Å². The summed E-state index contributed by atoms with van der Waals surface area (Å²) in [5, 5.41) is 0. The van der Waals surface area contributed by atoms with Gasteiger partial charge in [-0.15, -0.1) is 0 Å². The van der Waals surface area contributed by atoms with Crippen LogP contribution in [0.3, 0.4) is 0 Å². The average molecular weight is 316 g/mol. The van der Waals surface area contributed by atoms with E-state index in [0.29, 0.717) is 24.5 Å². The van der Waals surface area contributed by atoms with E-state index in [-0.39, 0.29) is 12.0 Å². The van der Waals surface area contributed by atoms with Crippen molar-refractivity contribution in [2.75, 3.05) is 32.1 Å². The van der Waals surface area contributed by atoms with Crippen LogP contribution in [-0.2, 0) is 0 Å². The van der Waals surface area contributed by atoms with E-state index < -0.39 is 0 Å². The van der Waals surface area contributed by atoms with Crippen molar-refractivity contribution < 1.29 is 13.9 Å². The van der Waals surface area contributed by atoms with Crippen molar-refractivity contribution in [3.8, 4) is 5.75 Å². The van der Waals surface area contributed by atoms with Crippen LogP contribution >= 0.6 is 0 Å². The van der Waals surface area contributed by atoms with E-state index in [1.165, 1.54) is 6.39 Å². The van der Waals surface area contributed by atoms with Crippen LogP contribution in [0, 0.1) is 6.92 Å². The zero-order chi connectivity index (χ0) is 16.4. The summed E-state index contributed by atoms with van der Waals surface area (Å²) in [6.45, 7) is 2.92. The molecule has 1 fully saturated rings. The Hall–Kier alpha value is -2.57. The summed E-state index contributed by atoms with van der Waals surface area (Å²) in [6, 6.07) is 3.74.